The first-order valence-corrected chi connectivity index (χ1v) is 6.10. The molecule has 0 amide bonds. The highest BCUT2D eigenvalue weighted by Gasteiger charge is 2.39. The fourth-order valence-corrected chi connectivity index (χ4v) is 0.922. The topological polar surface area (TPSA) is 52.6 Å². The summed E-state index contributed by atoms with van der Waals surface area (Å²) in [5, 5.41) is 0. The third-order valence-electron chi connectivity index (χ3n) is 2.73. The summed E-state index contributed by atoms with van der Waals surface area (Å²) in [4.78, 5) is 23.5. The zero-order valence-corrected chi connectivity index (χ0v) is 12.3. The lowest BCUT2D eigenvalue weighted by Gasteiger charge is -2.29. The van der Waals surface area contributed by atoms with Crippen LogP contribution in [0.4, 0.5) is 8.78 Å². The van der Waals surface area contributed by atoms with Gasteiger partial charge in [-0.25, -0.2) is 13.6 Å². The minimum absolute atomic E-state index is 0.532. The molecule has 0 bridgehead atoms. The first kappa shape index (κ1) is 17.8. The number of ether oxygens (including phenoxy) is 2. The molecule has 0 aliphatic carbocycles. The van der Waals surface area contributed by atoms with Gasteiger partial charge in [0.05, 0.1) is 5.41 Å². The molecule has 0 aliphatic rings. The third-order valence-corrected chi connectivity index (χ3v) is 2.73. The van der Waals surface area contributed by atoms with E-state index in [1.807, 2.05) is 6.92 Å². The van der Waals surface area contributed by atoms with E-state index in [1.165, 1.54) is 13.8 Å². The summed E-state index contributed by atoms with van der Waals surface area (Å²) in [6.07, 6.45) is 0.532. The van der Waals surface area contributed by atoms with Crippen LogP contribution in [0.5, 0.6) is 0 Å². The average molecular weight is 280 g/mol. The fourth-order valence-electron chi connectivity index (χ4n) is 0.922. The van der Waals surface area contributed by atoms with Gasteiger partial charge in [0.15, 0.2) is 6.61 Å². The van der Waals surface area contributed by atoms with E-state index in [1.54, 1.807) is 13.8 Å². The highest BCUT2D eigenvalue weighted by molar-refractivity contribution is 5.84. The van der Waals surface area contributed by atoms with Crippen LogP contribution < -0.4 is 0 Å². The number of carbonyl (C=O) groups excluding carboxylic acids is 2. The summed E-state index contributed by atoms with van der Waals surface area (Å²) in [5.41, 5.74) is -2.33. The minimum Gasteiger partial charge on any atom is -0.456 e. The Balaban J connectivity index is 4.63. The van der Waals surface area contributed by atoms with Crippen molar-refractivity contribution in [3.63, 3.8) is 0 Å². The molecule has 0 aliphatic heterocycles. The highest BCUT2D eigenvalue weighted by atomic mass is 19.3. The second-order valence-electron chi connectivity index (χ2n) is 5.78. The second-order valence-corrected chi connectivity index (χ2v) is 5.78. The van der Waals surface area contributed by atoms with E-state index in [0.717, 1.165) is 0 Å². The lowest BCUT2D eigenvalue weighted by Crippen LogP contribution is -2.43. The first-order valence-electron chi connectivity index (χ1n) is 6.10. The molecule has 0 rings (SSSR count). The van der Waals surface area contributed by atoms with Gasteiger partial charge in [-0.2, -0.15) is 0 Å². The van der Waals surface area contributed by atoms with Crippen LogP contribution in [0.25, 0.3) is 0 Å². The summed E-state index contributed by atoms with van der Waals surface area (Å²) in [6.45, 7) is 7.39. The molecule has 0 spiro atoms. The standard InChI is InChI=1S/C13H22F2O4/c1-7-11(2,3)9(16)19-12(4,5)10(17)18-8-13(6,14)15/h7-8H2,1-6H3. The molecule has 0 heterocycles. The quantitative estimate of drug-likeness (QED) is 0.702. The molecule has 0 radical (unpaired) electrons. The molecule has 0 aromatic rings. The molecular formula is C13H22F2O4. The van der Waals surface area contributed by atoms with Gasteiger partial charge < -0.3 is 9.47 Å². The zero-order valence-electron chi connectivity index (χ0n) is 12.3. The monoisotopic (exact) mass is 280 g/mol. The summed E-state index contributed by atoms with van der Waals surface area (Å²) >= 11 is 0. The summed E-state index contributed by atoms with van der Waals surface area (Å²) in [7, 11) is 0. The van der Waals surface area contributed by atoms with Gasteiger partial charge in [-0.3, -0.25) is 4.79 Å². The first-order chi connectivity index (χ1) is 8.32. The molecule has 19 heavy (non-hydrogen) atoms. The van der Waals surface area contributed by atoms with E-state index in [-0.39, 0.29) is 0 Å². The van der Waals surface area contributed by atoms with Crippen molar-refractivity contribution in [2.75, 3.05) is 6.61 Å². The van der Waals surface area contributed by atoms with Crippen molar-refractivity contribution in [2.45, 2.75) is 59.5 Å². The normalized spacial score (nSPS) is 13.1. The Bertz CT molecular complexity index is 343. The van der Waals surface area contributed by atoms with Gasteiger partial charge in [0.2, 0.25) is 5.60 Å². The molecule has 0 unspecified atom stereocenters. The van der Waals surface area contributed by atoms with E-state index in [2.05, 4.69) is 4.74 Å². The molecule has 0 aromatic carbocycles. The van der Waals surface area contributed by atoms with E-state index < -0.39 is 35.5 Å². The van der Waals surface area contributed by atoms with Gasteiger partial charge in [-0.15, -0.1) is 0 Å². The predicted molar refractivity (Wildman–Crippen MR) is 65.8 cm³/mol. The van der Waals surface area contributed by atoms with Crippen LogP contribution in [0.15, 0.2) is 0 Å². The molecule has 4 nitrogen and oxygen atoms in total. The SMILES string of the molecule is CCC(C)(C)C(=O)OC(C)(C)C(=O)OCC(C)(F)F. The number of alkyl halides is 2. The van der Waals surface area contributed by atoms with Crippen molar-refractivity contribution in [3.8, 4) is 0 Å². The van der Waals surface area contributed by atoms with Gasteiger partial charge in [0.25, 0.3) is 5.92 Å². The third kappa shape index (κ3) is 5.98. The van der Waals surface area contributed by atoms with Crippen LogP contribution in [-0.2, 0) is 19.1 Å². The van der Waals surface area contributed by atoms with Crippen LogP contribution in [0.1, 0.15) is 48.0 Å². The van der Waals surface area contributed by atoms with Gasteiger partial charge in [-0.1, -0.05) is 6.92 Å². The molecular weight excluding hydrogens is 258 g/mol. The highest BCUT2D eigenvalue weighted by Crippen LogP contribution is 2.25. The maximum atomic E-state index is 12.6. The smallest absolute Gasteiger partial charge is 0.350 e. The van der Waals surface area contributed by atoms with Crippen molar-refractivity contribution in [2.24, 2.45) is 5.41 Å². The molecule has 0 fully saturated rings. The number of halogens is 2. The number of hydrogen-bond acceptors (Lipinski definition) is 4. The summed E-state index contributed by atoms with van der Waals surface area (Å²) in [6, 6.07) is 0. The number of hydrogen-bond donors (Lipinski definition) is 0. The maximum Gasteiger partial charge on any atom is 0.350 e. The number of esters is 2. The molecule has 6 heteroatoms. The largest absolute Gasteiger partial charge is 0.456 e. The molecule has 0 N–H and O–H groups in total. The Morgan fingerprint density at radius 1 is 1.00 bits per heavy atom. The van der Waals surface area contributed by atoms with E-state index >= 15 is 0 Å². The Morgan fingerprint density at radius 3 is 1.84 bits per heavy atom. The van der Waals surface area contributed by atoms with Crippen LogP contribution in [0.3, 0.4) is 0 Å². The second kappa shape index (κ2) is 5.84. The zero-order chi connectivity index (χ0) is 15.5. The summed E-state index contributed by atoms with van der Waals surface area (Å²) < 4.78 is 34.7. The Labute approximate surface area is 112 Å². The average Bonchev–Trinajstić information content (AvgIpc) is 2.23. The molecule has 0 aromatic heterocycles. The number of rotatable bonds is 6. The van der Waals surface area contributed by atoms with E-state index in [9.17, 15) is 18.4 Å². The maximum absolute atomic E-state index is 12.6. The van der Waals surface area contributed by atoms with Gasteiger partial charge in [0, 0.05) is 6.92 Å². The van der Waals surface area contributed by atoms with Crippen LogP contribution in [-0.4, -0.2) is 30.1 Å². The minimum atomic E-state index is -3.11. The van der Waals surface area contributed by atoms with Crippen molar-refractivity contribution >= 4 is 11.9 Å². The lowest BCUT2D eigenvalue weighted by atomic mass is 9.90. The Kier molecular flexibility index (Phi) is 5.47. The number of carbonyl (C=O) groups is 2. The van der Waals surface area contributed by atoms with Gasteiger partial charge in [0.1, 0.15) is 0 Å². The van der Waals surface area contributed by atoms with Crippen molar-refractivity contribution in [1.82, 2.24) is 0 Å². The fraction of sp³-hybridized carbons (Fsp3) is 0.846. The Hall–Kier alpha value is -1.20. The van der Waals surface area contributed by atoms with Crippen LogP contribution >= 0.6 is 0 Å². The molecule has 112 valence electrons. The van der Waals surface area contributed by atoms with E-state index in [0.29, 0.717) is 13.3 Å². The van der Waals surface area contributed by atoms with Crippen molar-refractivity contribution < 1.29 is 27.8 Å². The van der Waals surface area contributed by atoms with Crippen molar-refractivity contribution in [1.29, 1.82) is 0 Å². The van der Waals surface area contributed by atoms with Crippen LogP contribution in [0, 0.1) is 5.41 Å². The predicted octanol–water partition coefficient (Wildman–Crippen LogP) is 2.94. The Morgan fingerprint density at radius 2 is 1.47 bits per heavy atom. The lowest BCUT2D eigenvalue weighted by molar-refractivity contribution is -0.189. The molecule has 0 saturated carbocycles. The van der Waals surface area contributed by atoms with E-state index in [4.69, 9.17) is 4.74 Å². The molecule has 0 atom stereocenters. The van der Waals surface area contributed by atoms with Crippen molar-refractivity contribution in [3.05, 3.63) is 0 Å². The van der Waals surface area contributed by atoms with Gasteiger partial charge >= 0.3 is 11.9 Å². The summed E-state index contributed by atoms with van der Waals surface area (Å²) in [5.74, 6) is -4.67. The van der Waals surface area contributed by atoms with Gasteiger partial charge in [-0.05, 0) is 34.1 Å². The molecule has 0 saturated heterocycles. The van der Waals surface area contributed by atoms with Crippen LogP contribution in [0.2, 0.25) is 0 Å².